The summed E-state index contributed by atoms with van der Waals surface area (Å²) < 4.78 is 68.6. The maximum atomic E-state index is 15.1. The van der Waals surface area contributed by atoms with E-state index in [1.807, 2.05) is 44.2 Å². The monoisotopic (exact) mass is 523 g/mol. The maximum absolute atomic E-state index is 15.1. The average molecular weight is 524 g/mol. The standard InChI is InChI=1S/C25H34FN3O4S2/c1-18-16-28(34(3,30)31)14-13-24(18)27-22-11-10-21(23(26)15-22)17-29-19(2)9-12-25(35(29,32)33)20-7-5-4-6-8-20/h4-8,10-11,15,18-19,24-25,27H,9,12-14,16-17H2,1-3H3/t18?,19-,24?,25?/m0/s1. The van der Waals surface area contributed by atoms with Crippen LogP contribution in [0.25, 0.3) is 0 Å². The molecular formula is C25H34FN3O4S2. The molecule has 0 radical (unpaired) electrons. The van der Waals surface area contributed by atoms with Crippen molar-refractivity contribution >= 4 is 25.7 Å². The van der Waals surface area contributed by atoms with Gasteiger partial charge in [-0.1, -0.05) is 43.3 Å². The molecule has 0 bridgehead atoms. The topological polar surface area (TPSA) is 86.8 Å². The molecule has 4 atom stereocenters. The highest BCUT2D eigenvalue weighted by Gasteiger charge is 2.40. The highest BCUT2D eigenvalue weighted by Crippen LogP contribution is 2.38. The van der Waals surface area contributed by atoms with Gasteiger partial charge in [0.25, 0.3) is 0 Å². The lowest BCUT2D eigenvalue weighted by Crippen LogP contribution is -2.47. The van der Waals surface area contributed by atoms with Gasteiger partial charge in [0.1, 0.15) is 11.1 Å². The van der Waals surface area contributed by atoms with Gasteiger partial charge in [-0.3, -0.25) is 0 Å². The number of piperidine rings is 1. The summed E-state index contributed by atoms with van der Waals surface area (Å²) in [6.45, 7) is 4.68. The van der Waals surface area contributed by atoms with Gasteiger partial charge < -0.3 is 5.32 Å². The lowest BCUT2D eigenvalue weighted by atomic mass is 9.95. The first-order chi connectivity index (χ1) is 16.5. The molecule has 0 amide bonds. The van der Waals surface area contributed by atoms with Crippen LogP contribution >= 0.6 is 0 Å². The van der Waals surface area contributed by atoms with Gasteiger partial charge in [0.2, 0.25) is 20.0 Å². The van der Waals surface area contributed by atoms with Crippen LogP contribution in [-0.4, -0.2) is 56.9 Å². The first-order valence-electron chi connectivity index (χ1n) is 12.0. The van der Waals surface area contributed by atoms with Crippen LogP contribution in [-0.2, 0) is 26.6 Å². The van der Waals surface area contributed by atoms with Crippen molar-refractivity contribution in [2.45, 2.75) is 57.0 Å². The van der Waals surface area contributed by atoms with Crippen molar-refractivity contribution in [3.63, 3.8) is 0 Å². The van der Waals surface area contributed by atoms with Gasteiger partial charge in [-0.15, -0.1) is 0 Å². The minimum absolute atomic E-state index is 0.0118. The fourth-order valence-corrected chi connectivity index (χ4v) is 8.25. The second kappa shape index (κ2) is 10.2. The SMILES string of the molecule is CC1CN(S(C)(=O)=O)CCC1Nc1ccc(CN2[C@@H](C)CCC(c3ccccc3)S2(=O)=O)c(F)c1. The third kappa shape index (κ3) is 5.71. The molecule has 0 saturated carbocycles. The predicted molar refractivity (Wildman–Crippen MR) is 136 cm³/mol. The molecule has 3 unspecified atom stereocenters. The highest BCUT2D eigenvalue weighted by molar-refractivity contribution is 7.89. The van der Waals surface area contributed by atoms with E-state index in [0.29, 0.717) is 43.6 Å². The molecule has 7 nitrogen and oxygen atoms in total. The van der Waals surface area contributed by atoms with Crippen LogP contribution in [0.3, 0.4) is 0 Å². The van der Waals surface area contributed by atoms with Crippen LogP contribution in [0.4, 0.5) is 10.1 Å². The average Bonchev–Trinajstić information content (AvgIpc) is 2.79. The van der Waals surface area contributed by atoms with Crippen molar-refractivity contribution in [3.05, 3.63) is 65.5 Å². The van der Waals surface area contributed by atoms with Crippen LogP contribution in [0.15, 0.2) is 48.5 Å². The summed E-state index contributed by atoms with van der Waals surface area (Å²) in [5.74, 6) is -0.393. The molecule has 192 valence electrons. The molecule has 0 aromatic heterocycles. The molecule has 0 spiro atoms. The number of nitrogens with zero attached hydrogens (tertiary/aromatic N) is 2. The van der Waals surface area contributed by atoms with E-state index in [-0.39, 0.29) is 24.5 Å². The second-order valence-corrected chi connectivity index (χ2v) is 13.9. The van der Waals surface area contributed by atoms with Gasteiger partial charge in [0.05, 0.1) is 6.26 Å². The number of benzene rings is 2. The molecular weight excluding hydrogens is 489 g/mol. The number of sulfonamides is 2. The number of rotatable bonds is 6. The quantitative estimate of drug-likeness (QED) is 0.619. The van der Waals surface area contributed by atoms with Crippen LogP contribution in [0.2, 0.25) is 0 Å². The number of hydrogen-bond acceptors (Lipinski definition) is 5. The lowest BCUT2D eigenvalue weighted by Gasteiger charge is -2.37. The molecule has 1 N–H and O–H groups in total. The summed E-state index contributed by atoms with van der Waals surface area (Å²) in [6.07, 6.45) is 3.10. The van der Waals surface area contributed by atoms with Crippen molar-refractivity contribution in [1.82, 2.24) is 8.61 Å². The van der Waals surface area contributed by atoms with Crippen LogP contribution < -0.4 is 5.32 Å². The molecule has 35 heavy (non-hydrogen) atoms. The van der Waals surface area contributed by atoms with Crippen LogP contribution in [0.1, 0.15) is 49.5 Å². The Hall–Kier alpha value is -2.01. The Balaban J connectivity index is 1.47. The Morgan fingerprint density at radius 1 is 1.06 bits per heavy atom. The summed E-state index contributed by atoms with van der Waals surface area (Å²) in [5.41, 5.74) is 1.70. The minimum Gasteiger partial charge on any atom is -0.382 e. The van der Waals surface area contributed by atoms with Crippen LogP contribution in [0, 0.1) is 11.7 Å². The molecule has 2 fully saturated rings. The maximum Gasteiger partial charge on any atom is 0.221 e. The van der Waals surface area contributed by atoms with Crippen LogP contribution in [0.5, 0.6) is 0 Å². The van der Waals surface area contributed by atoms with Gasteiger partial charge in [0.15, 0.2) is 0 Å². The van der Waals surface area contributed by atoms with Gasteiger partial charge in [0, 0.05) is 43.0 Å². The number of anilines is 1. The van der Waals surface area contributed by atoms with Crippen molar-refractivity contribution in [2.24, 2.45) is 5.92 Å². The Morgan fingerprint density at radius 2 is 1.77 bits per heavy atom. The molecule has 2 heterocycles. The molecule has 2 saturated heterocycles. The van der Waals surface area contributed by atoms with Crippen molar-refractivity contribution < 1.29 is 21.2 Å². The Bertz CT molecular complexity index is 1250. The third-order valence-electron chi connectivity index (χ3n) is 7.26. The van der Waals surface area contributed by atoms with E-state index >= 15 is 4.39 Å². The molecule has 4 rings (SSSR count). The zero-order chi connectivity index (χ0) is 25.4. The molecule has 2 aliphatic rings. The predicted octanol–water partition coefficient (Wildman–Crippen LogP) is 3.96. The van der Waals surface area contributed by atoms with E-state index in [0.717, 1.165) is 5.56 Å². The minimum atomic E-state index is -3.64. The fourth-order valence-electron chi connectivity index (χ4n) is 5.12. The van der Waals surface area contributed by atoms with E-state index in [1.165, 1.54) is 20.9 Å². The Morgan fingerprint density at radius 3 is 2.40 bits per heavy atom. The number of nitrogens with one attached hydrogen (secondary N) is 1. The number of hydrogen-bond donors (Lipinski definition) is 1. The smallest absolute Gasteiger partial charge is 0.221 e. The van der Waals surface area contributed by atoms with E-state index in [1.54, 1.807) is 12.1 Å². The van der Waals surface area contributed by atoms with Gasteiger partial charge in [-0.25, -0.2) is 25.5 Å². The van der Waals surface area contributed by atoms with Gasteiger partial charge in [-0.05, 0) is 49.8 Å². The Kier molecular flexibility index (Phi) is 7.57. The van der Waals surface area contributed by atoms with Gasteiger partial charge >= 0.3 is 0 Å². The van der Waals surface area contributed by atoms with Crippen molar-refractivity contribution in [1.29, 1.82) is 0 Å². The van der Waals surface area contributed by atoms with E-state index < -0.39 is 31.1 Å². The van der Waals surface area contributed by atoms with E-state index in [4.69, 9.17) is 0 Å². The third-order valence-corrected chi connectivity index (χ3v) is 10.9. The first kappa shape index (κ1) is 26.1. The largest absolute Gasteiger partial charge is 0.382 e. The lowest BCUT2D eigenvalue weighted by molar-refractivity contribution is 0.262. The molecule has 0 aliphatic carbocycles. The molecule has 10 heteroatoms. The van der Waals surface area contributed by atoms with E-state index in [9.17, 15) is 16.8 Å². The summed E-state index contributed by atoms with van der Waals surface area (Å²) in [6, 6.07) is 13.8. The summed E-state index contributed by atoms with van der Waals surface area (Å²) in [4.78, 5) is 0. The van der Waals surface area contributed by atoms with Crippen molar-refractivity contribution in [2.75, 3.05) is 24.7 Å². The van der Waals surface area contributed by atoms with Crippen molar-refractivity contribution in [3.8, 4) is 0 Å². The molecule has 2 aliphatic heterocycles. The summed E-state index contributed by atoms with van der Waals surface area (Å²) in [7, 11) is -6.87. The number of halogens is 1. The summed E-state index contributed by atoms with van der Waals surface area (Å²) in [5, 5.41) is 2.71. The Labute approximate surface area is 208 Å². The normalized spacial score (nSPS) is 28.0. The summed E-state index contributed by atoms with van der Waals surface area (Å²) >= 11 is 0. The van der Waals surface area contributed by atoms with E-state index in [2.05, 4.69) is 5.32 Å². The molecule has 2 aromatic rings. The van der Waals surface area contributed by atoms with Gasteiger partial charge in [-0.2, -0.15) is 4.31 Å². The fraction of sp³-hybridized carbons (Fsp3) is 0.520. The highest BCUT2D eigenvalue weighted by atomic mass is 32.2. The molecule has 2 aromatic carbocycles. The second-order valence-electron chi connectivity index (χ2n) is 9.86. The first-order valence-corrected chi connectivity index (χ1v) is 15.4. The zero-order valence-corrected chi connectivity index (χ0v) is 22.0. The zero-order valence-electron chi connectivity index (χ0n) is 20.4.